The predicted molar refractivity (Wildman–Crippen MR) is 185 cm³/mol. The summed E-state index contributed by atoms with van der Waals surface area (Å²) in [5.41, 5.74) is 11.1. The highest BCUT2D eigenvalue weighted by molar-refractivity contribution is 5.88. The summed E-state index contributed by atoms with van der Waals surface area (Å²) in [6, 6.07) is -1.33. The molecule has 5 unspecified atom stereocenters. The minimum absolute atomic E-state index is 0.0350. The van der Waals surface area contributed by atoms with Gasteiger partial charge in [-0.25, -0.2) is 0 Å². The Kier molecular flexibility index (Phi) is 25.8. The molecule has 46 heavy (non-hydrogen) atoms. The van der Waals surface area contributed by atoms with Gasteiger partial charge in [0.25, 0.3) is 0 Å². The number of carbonyl (C=O) groups is 5. The van der Waals surface area contributed by atoms with Gasteiger partial charge in [0.15, 0.2) is 0 Å². The monoisotopic (exact) mass is 653 g/mol. The molecule has 0 aromatic rings. The second-order valence-corrected chi connectivity index (χ2v) is 13.1. The third kappa shape index (κ3) is 21.2. The molecule has 0 spiro atoms. The van der Waals surface area contributed by atoms with Crippen molar-refractivity contribution < 1.29 is 24.0 Å². The average molecular weight is 653 g/mol. The van der Waals surface area contributed by atoms with E-state index in [-0.39, 0.29) is 41.4 Å². The van der Waals surface area contributed by atoms with E-state index in [4.69, 9.17) is 11.5 Å². The summed E-state index contributed by atoms with van der Waals surface area (Å²) in [6.45, 7) is 11.5. The Labute approximate surface area is 279 Å². The molecule has 5 atom stereocenters. The van der Waals surface area contributed by atoms with Crippen LogP contribution in [0.4, 0.5) is 0 Å². The molecule has 0 bridgehead atoms. The van der Waals surface area contributed by atoms with Crippen LogP contribution in [0.15, 0.2) is 0 Å². The first-order valence-corrected chi connectivity index (χ1v) is 18.1. The number of carbonyl (C=O) groups excluding carboxylic acids is 5. The van der Waals surface area contributed by atoms with Gasteiger partial charge in [-0.2, -0.15) is 0 Å². The fraction of sp³-hybridized carbons (Fsp3) is 0.857. The van der Waals surface area contributed by atoms with Gasteiger partial charge in [0.2, 0.25) is 29.5 Å². The topological polar surface area (TPSA) is 186 Å². The van der Waals surface area contributed by atoms with Crippen LogP contribution in [-0.4, -0.2) is 61.3 Å². The average Bonchev–Trinajstić information content (AvgIpc) is 3.02. The molecule has 0 radical (unpaired) electrons. The maximum atomic E-state index is 12.9. The van der Waals surface area contributed by atoms with Gasteiger partial charge in [-0.3, -0.25) is 24.0 Å². The van der Waals surface area contributed by atoms with Gasteiger partial charge in [-0.15, -0.1) is 0 Å². The molecule has 0 aromatic carbocycles. The Morgan fingerprint density at radius 3 is 1.39 bits per heavy atom. The number of rotatable bonds is 29. The van der Waals surface area contributed by atoms with Crippen molar-refractivity contribution >= 4 is 29.5 Å². The van der Waals surface area contributed by atoms with Crippen molar-refractivity contribution in [3.05, 3.63) is 0 Å². The zero-order chi connectivity index (χ0) is 34.7. The minimum atomic E-state index is -0.777. The first-order valence-electron chi connectivity index (χ1n) is 18.1. The van der Waals surface area contributed by atoms with E-state index in [1.165, 1.54) is 0 Å². The third-order valence-corrected chi connectivity index (χ3v) is 8.65. The molecule has 0 aromatic heterocycles. The highest BCUT2D eigenvalue weighted by atomic mass is 16.2. The summed E-state index contributed by atoms with van der Waals surface area (Å²) in [7, 11) is 0. The molecule has 0 fully saturated rings. The first-order chi connectivity index (χ1) is 22.0. The molecular formula is C35H68N6O5. The number of nitrogens with two attached hydrogens (primary N) is 2. The van der Waals surface area contributed by atoms with Crippen molar-refractivity contribution in [2.75, 3.05) is 19.6 Å². The summed E-state index contributed by atoms with van der Waals surface area (Å²) in [6.07, 6.45) is 14.0. The summed E-state index contributed by atoms with van der Waals surface area (Å²) in [4.78, 5) is 62.6. The van der Waals surface area contributed by atoms with Crippen molar-refractivity contribution in [1.29, 1.82) is 0 Å². The molecule has 0 rings (SSSR count). The SMILES string of the molecule is CCCCCC(C)C(=O)NC(CCCCC)C(=O)NCCCCC(NC(=O)C(C)CCCCNC(=O)C(C)CCCCN)C(N)=O. The van der Waals surface area contributed by atoms with Gasteiger partial charge in [0, 0.05) is 30.8 Å². The number of primary amides is 1. The Hall–Kier alpha value is -2.69. The van der Waals surface area contributed by atoms with E-state index < -0.39 is 18.0 Å². The Bertz CT molecular complexity index is 870. The van der Waals surface area contributed by atoms with Crippen LogP contribution < -0.4 is 32.7 Å². The summed E-state index contributed by atoms with van der Waals surface area (Å²) < 4.78 is 0. The Morgan fingerprint density at radius 2 is 0.891 bits per heavy atom. The van der Waals surface area contributed by atoms with Crippen LogP contribution >= 0.6 is 0 Å². The van der Waals surface area contributed by atoms with Crippen LogP contribution in [0.3, 0.4) is 0 Å². The first kappa shape index (κ1) is 43.3. The van der Waals surface area contributed by atoms with Crippen LogP contribution in [-0.2, 0) is 24.0 Å². The molecule has 0 saturated heterocycles. The lowest BCUT2D eigenvalue weighted by Crippen LogP contribution is -2.48. The summed E-state index contributed by atoms with van der Waals surface area (Å²) in [5, 5.41) is 11.7. The fourth-order valence-electron chi connectivity index (χ4n) is 5.24. The molecular weight excluding hydrogens is 584 g/mol. The molecule has 0 saturated carbocycles. The lowest BCUT2D eigenvalue weighted by molar-refractivity contribution is -0.131. The smallest absolute Gasteiger partial charge is 0.242 e. The van der Waals surface area contributed by atoms with E-state index in [0.29, 0.717) is 51.7 Å². The standard InChI is InChI=1S/C35H68N6O5/c1-6-8-10-18-27(4)34(45)41-30(22-11-9-7-2)35(46)39-25-17-14-21-29(31(37)42)40-33(44)28(5)20-13-16-24-38-32(43)26(3)19-12-15-23-36/h26-30H,6-25,36H2,1-5H3,(H2,37,42)(H,38,43)(H,39,46)(H,40,44)(H,41,45). The molecule has 0 heterocycles. The number of amides is 5. The van der Waals surface area contributed by atoms with E-state index in [0.717, 1.165) is 77.0 Å². The van der Waals surface area contributed by atoms with Crippen LogP contribution in [0.5, 0.6) is 0 Å². The van der Waals surface area contributed by atoms with Crippen molar-refractivity contribution in [3.8, 4) is 0 Å². The molecule has 5 amide bonds. The van der Waals surface area contributed by atoms with Crippen molar-refractivity contribution in [3.63, 3.8) is 0 Å². The van der Waals surface area contributed by atoms with Crippen LogP contribution in [0.1, 0.15) is 144 Å². The molecule has 0 aliphatic heterocycles. The van der Waals surface area contributed by atoms with Gasteiger partial charge in [-0.1, -0.05) is 86.0 Å². The zero-order valence-corrected chi connectivity index (χ0v) is 29.7. The zero-order valence-electron chi connectivity index (χ0n) is 29.7. The quantitative estimate of drug-likeness (QED) is 0.0657. The van der Waals surface area contributed by atoms with E-state index >= 15 is 0 Å². The maximum Gasteiger partial charge on any atom is 0.242 e. The van der Waals surface area contributed by atoms with Crippen molar-refractivity contribution in [2.45, 2.75) is 156 Å². The fourth-order valence-corrected chi connectivity index (χ4v) is 5.24. The lowest BCUT2D eigenvalue weighted by Gasteiger charge is -2.21. The number of hydrogen-bond acceptors (Lipinski definition) is 6. The molecule has 0 aliphatic rings. The number of nitrogens with one attached hydrogen (secondary N) is 4. The van der Waals surface area contributed by atoms with E-state index in [1.807, 2.05) is 20.8 Å². The summed E-state index contributed by atoms with van der Waals surface area (Å²) >= 11 is 0. The maximum absolute atomic E-state index is 12.9. The van der Waals surface area contributed by atoms with Crippen LogP contribution in [0.2, 0.25) is 0 Å². The molecule has 11 nitrogen and oxygen atoms in total. The molecule has 268 valence electrons. The van der Waals surface area contributed by atoms with Crippen LogP contribution in [0.25, 0.3) is 0 Å². The number of unbranched alkanes of at least 4 members (excludes halogenated alkanes) is 7. The van der Waals surface area contributed by atoms with Crippen LogP contribution in [0, 0.1) is 17.8 Å². The van der Waals surface area contributed by atoms with E-state index in [1.54, 1.807) is 0 Å². The second kappa shape index (κ2) is 27.4. The van der Waals surface area contributed by atoms with Gasteiger partial charge in [-0.05, 0) is 64.3 Å². The van der Waals surface area contributed by atoms with Crippen molar-refractivity contribution in [2.24, 2.45) is 29.2 Å². The number of hydrogen-bond donors (Lipinski definition) is 6. The lowest BCUT2D eigenvalue weighted by atomic mass is 10.0. The van der Waals surface area contributed by atoms with Gasteiger partial charge < -0.3 is 32.7 Å². The highest BCUT2D eigenvalue weighted by Crippen LogP contribution is 2.13. The van der Waals surface area contributed by atoms with Crippen molar-refractivity contribution in [1.82, 2.24) is 21.3 Å². The molecule has 8 N–H and O–H groups in total. The van der Waals surface area contributed by atoms with E-state index in [9.17, 15) is 24.0 Å². The van der Waals surface area contributed by atoms with E-state index in [2.05, 4.69) is 35.1 Å². The van der Waals surface area contributed by atoms with Gasteiger partial charge in [0.1, 0.15) is 12.1 Å². The summed E-state index contributed by atoms with van der Waals surface area (Å²) in [5.74, 6) is -1.47. The predicted octanol–water partition coefficient (Wildman–Crippen LogP) is 4.21. The Morgan fingerprint density at radius 1 is 0.500 bits per heavy atom. The normalized spacial score (nSPS) is 14.4. The second-order valence-electron chi connectivity index (χ2n) is 13.1. The van der Waals surface area contributed by atoms with Gasteiger partial charge >= 0.3 is 0 Å². The molecule has 11 heteroatoms. The Balaban J connectivity index is 4.51. The third-order valence-electron chi connectivity index (χ3n) is 8.65. The minimum Gasteiger partial charge on any atom is -0.368 e. The highest BCUT2D eigenvalue weighted by Gasteiger charge is 2.24. The van der Waals surface area contributed by atoms with Gasteiger partial charge in [0.05, 0.1) is 0 Å². The largest absolute Gasteiger partial charge is 0.368 e. The molecule has 0 aliphatic carbocycles.